The summed E-state index contributed by atoms with van der Waals surface area (Å²) >= 11 is 1.01. The lowest BCUT2D eigenvalue weighted by Crippen LogP contribution is -2.42. The van der Waals surface area contributed by atoms with E-state index in [0.29, 0.717) is 35.5 Å². The van der Waals surface area contributed by atoms with Crippen molar-refractivity contribution in [3.8, 4) is 0 Å². The lowest BCUT2D eigenvalue weighted by Gasteiger charge is -2.34. The molecule has 32 heavy (non-hydrogen) atoms. The molecule has 0 aliphatic carbocycles. The van der Waals surface area contributed by atoms with Crippen molar-refractivity contribution in [2.75, 3.05) is 32.5 Å². The summed E-state index contributed by atoms with van der Waals surface area (Å²) in [6.45, 7) is 5.07. The van der Waals surface area contributed by atoms with E-state index in [-0.39, 0.29) is 15.7 Å². The van der Waals surface area contributed by atoms with E-state index in [9.17, 15) is 18.0 Å². The van der Waals surface area contributed by atoms with Crippen LogP contribution in [-0.2, 0) is 10.0 Å². The minimum Gasteiger partial charge on any atom is -0.339 e. The average molecular weight is 476 g/mol. The molecule has 0 spiro atoms. The Morgan fingerprint density at radius 1 is 1.03 bits per heavy atom. The van der Waals surface area contributed by atoms with Crippen molar-refractivity contribution in [2.45, 2.75) is 30.1 Å². The molecule has 1 N–H and O–H groups in total. The Hall–Kier alpha value is -2.36. The third-order valence-corrected chi connectivity index (χ3v) is 8.21. The summed E-state index contributed by atoms with van der Waals surface area (Å²) in [6, 6.07) is 13.1. The number of anilines is 1. The van der Waals surface area contributed by atoms with Crippen molar-refractivity contribution in [1.29, 1.82) is 0 Å². The second kappa shape index (κ2) is 10.1. The van der Waals surface area contributed by atoms with E-state index in [2.05, 4.69) is 19.2 Å². The number of rotatable bonds is 5. The summed E-state index contributed by atoms with van der Waals surface area (Å²) in [5.41, 5.74) is 0.729. The van der Waals surface area contributed by atoms with E-state index < -0.39 is 15.9 Å². The molecule has 0 saturated carbocycles. The van der Waals surface area contributed by atoms with Crippen LogP contribution in [0.1, 0.15) is 30.6 Å². The normalized spacial score (nSPS) is 19.4. The van der Waals surface area contributed by atoms with Gasteiger partial charge in [-0.15, -0.1) is 0 Å². The van der Waals surface area contributed by atoms with Gasteiger partial charge in [0, 0.05) is 37.6 Å². The molecule has 1 saturated heterocycles. The molecular formula is C23H29N3O4S2. The van der Waals surface area contributed by atoms with Crippen molar-refractivity contribution in [1.82, 2.24) is 9.21 Å². The Bertz CT molecular complexity index is 1090. The van der Waals surface area contributed by atoms with Crippen molar-refractivity contribution in [2.24, 2.45) is 11.8 Å². The number of thioether (sulfide) groups is 1. The zero-order valence-corrected chi connectivity index (χ0v) is 20.4. The maximum absolute atomic E-state index is 13.2. The standard InChI is InChI=1S/C23H29N3O4S2/c1-16-12-17(2)15-26(14-16)32(29,30)19-9-7-8-18(13-19)22(27)24-20-10-5-6-11-21(20)31-23(28)25(3)4/h5-11,13,16-17H,12,14-15H2,1-4H3,(H,24,27). The van der Waals surface area contributed by atoms with Crippen LogP contribution in [0.3, 0.4) is 0 Å². The highest BCUT2D eigenvalue weighted by Gasteiger charge is 2.32. The Labute approximate surface area is 194 Å². The van der Waals surface area contributed by atoms with Gasteiger partial charge in [0.1, 0.15) is 0 Å². The van der Waals surface area contributed by atoms with E-state index in [4.69, 9.17) is 0 Å². The zero-order valence-electron chi connectivity index (χ0n) is 18.7. The van der Waals surface area contributed by atoms with E-state index in [1.807, 2.05) is 0 Å². The topological polar surface area (TPSA) is 86.8 Å². The number of hydrogen-bond acceptors (Lipinski definition) is 5. The lowest BCUT2D eigenvalue weighted by atomic mass is 9.94. The summed E-state index contributed by atoms with van der Waals surface area (Å²) in [5.74, 6) is 0.144. The number of piperidine rings is 1. The van der Waals surface area contributed by atoms with Crippen molar-refractivity contribution < 1.29 is 18.0 Å². The van der Waals surface area contributed by atoms with Gasteiger partial charge in [-0.05, 0) is 60.4 Å². The molecule has 9 heteroatoms. The summed E-state index contributed by atoms with van der Waals surface area (Å²) in [4.78, 5) is 27.2. The van der Waals surface area contributed by atoms with Gasteiger partial charge in [-0.25, -0.2) is 8.42 Å². The molecule has 0 radical (unpaired) electrons. The minimum atomic E-state index is -3.69. The molecule has 1 fully saturated rings. The molecule has 0 aromatic heterocycles. The van der Waals surface area contributed by atoms with Gasteiger partial charge in [0.15, 0.2) is 0 Å². The molecule has 1 aliphatic heterocycles. The van der Waals surface area contributed by atoms with Crippen LogP contribution < -0.4 is 5.32 Å². The second-order valence-electron chi connectivity index (χ2n) is 8.51. The zero-order chi connectivity index (χ0) is 23.5. The molecule has 3 rings (SSSR count). The van der Waals surface area contributed by atoms with E-state index in [1.165, 1.54) is 21.3 Å². The fraction of sp³-hybridized carbons (Fsp3) is 0.391. The first kappa shape index (κ1) is 24.3. The van der Waals surface area contributed by atoms with Gasteiger partial charge in [-0.1, -0.05) is 32.0 Å². The monoisotopic (exact) mass is 475 g/mol. The lowest BCUT2D eigenvalue weighted by molar-refractivity contribution is 0.102. The highest BCUT2D eigenvalue weighted by atomic mass is 32.2. The molecular weight excluding hydrogens is 446 g/mol. The number of carbonyl (C=O) groups excluding carboxylic acids is 2. The van der Waals surface area contributed by atoms with E-state index in [1.54, 1.807) is 50.5 Å². The molecule has 2 amide bonds. The Morgan fingerprint density at radius 2 is 1.69 bits per heavy atom. The second-order valence-corrected chi connectivity index (χ2v) is 11.4. The third-order valence-electron chi connectivity index (χ3n) is 5.27. The number of hydrogen-bond donors (Lipinski definition) is 1. The maximum atomic E-state index is 13.2. The maximum Gasteiger partial charge on any atom is 0.286 e. The van der Waals surface area contributed by atoms with Gasteiger partial charge >= 0.3 is 0 Å². The van der Waals surface area contributed by atoms with E-state index >= 15 is 0 Å². The third kappa shape index (κ3) is 5.70. The van der Waals surface area contributed by atoms with Gasteiger partial charge < -0.3 is 10.2 Å². The number of sulfonamides is 1. The molecule has 2 aromatic carbocycles. The van der Waals surface area contributed by atoms with E-state index in [0.717, 1.165) is 18.2 Å². The molecule has 172 valence electrons. The summed E-state index contributed by atoms with van der Waals surface area (Å²) in [5, 5.41) is 2.64. The quantitative estimate of drug-likeness (QED) is 0.649. The van der Waals surface area contributed by atoms with Gasteiger partial charge in [-0.3, -0.25) is 9.59 Å². The van der Waals surface area contributed by atoms with Gasteiger partial charge in [-0.2, -0.15) is 4.31 Å². The largest absolute Gasteiger partial charge is 0.339 e. The van der Waals surface area contributed by atoms with Gasteiger partial charge in [0.2, 0.25) is 10.0 Å². The Kier molecular flexibility index (Phi) is 7.63. The number of para-hydroxylation sites is 1. The highest BCUT2D eigenvalue weighted by Crippen LogP contribution is 2.30. The predicted molar refractivity (Wildman–Crippen MR) is 127 cm³/mol. The minimum absolute atomic E-state index is 0.108. The molecule has 7 nitrogen and oxygen atoms in total. The van der Waals surface area contributed by atoms with Crippen LogP contribution in [0, 0.1) is 11.8 Å². The van der Waals surface area contributed by atoms with Crippen LogP contribution in [0.25, 0.3) is 0 Å². The molecule has 2 unspecified atom stereocenters. The molecule has 0 bridgehead atoms. The summed E-state index contributed by atoms with van der Waals surface area (Å²) < 4.78 is 27.9. The first-order valence-corrected chi connectivity index (χ1v) is 12.7. The Morgan fingerprint density at radius 3 is 2.34 bits per heavy atom. The van der Waals surface area contributed by atoms with Gasteiger partial charge in [0.25, 0.3) is 11.1 Å². The first-order chi connectivity index (χ1) is 15.1. The van der Waals surface area contributed by atoms with Crippen LogP contribution in [0.4, 0.5) is 10.5 Å². The number of benzene rings is 2. The van der Waals surface area contributed by atoms with Crippen LogP contribution >= 0.6 is 11.8 Å². The van der Waals surface area contributed by atoms with Crippen LogP contribution in [0.5, 0.6) is 0 Å². The summed E-state index contributed by atoms with van der Waals surface area (Å²) in [7, 11) is -0.373. The smallest absolute Gasteiger partial charge is 0.286 e. The first-order valence-electron chi connectivity index (χ1n) is 10.5. The average Bonchev–Trinajstić information content (AvgIpc) is 2.74. The molecule has 1 aliphatic rings. The van der Waals surface area contributed by atoms with Crippen LogP contribution in [0.15, 0.2) is 58.3 Å². The fourth-order valence-electron chi connectivity index (χ4n) is 3.79. The number of amides is 2. The molecule has 2 atom stereocenters. The van der Waals surface area contributed by atoms with Crippen molar-refractivity contribution >= 4 is 38.6 Å². The Balaban J connectivity index is 1.82. The molecule has 2 aromatic rings. The molecule has 1 heterocycles. The predicted octanol–water partition coefficient (Wildman–Crippen LogP) is 4.38. The van der Waals surface area contributed by atoms with Crippen LogP contribution in [-0.4, -0.2) is 56.0 Å². The number of nitrogens with zero attached hydrogens (tertiary/aromatic N) is 2. The van der Waals surface area contributed by atoms with Crippen LogP contribution in [0.2, 0.25) is 0 Å². The highest BCUT2D eigenvalue weighted by molar-refractivity contribution is 8.13. The van der Waals surface area contributed by atoms with Crippen molar-refractivity contribution in [3.05, 3.63) is 54.1 Å². The van der Waals surface area contributed by atoms with Gasteiger partial charge in [0.05, 0.1) is 10.6 Å². The summed E-state index contributed by atoms with van der Waals surface area (Å²) in [6.07, 6.45) is 1.00. The number of carbonyl (C=O) groups is 2. The SMILES string of the molecule is CC1CC(C)CN(S(=O)(=O)c2cccc(C(=O)Nc3ccccc3SC(=O)N(C)C)c2)C1. The number of nitrogens with one attached hydrogen (secondary N) is 1. The van der Waals surface area contributed by atoms with Crippen molar-refractivity contribution in [3.63, 3.8) is 0 Å². The fourth-order valence-corrected chi connectivity index (χ4v) is 6.26.